The van der Waals surface area contributed by atoms with Gasteiger partial charge in [-0.15, -0.1) is 0 Å². The van der Waals surface area contributed by atoms with Gasteiger partial charge in [-0.25, -0.2) is 4.98 Å². The summed E-state index contributed by atoms with van der Waals surface area (Å²) in [4.78, 5) is 6.16. The molecule has 1 aliphatic heterocycles. The minimum Gasteiger partial charge on any atom is -0.392 e. The van der Waals surface area contributed by atoms with Gasteiger partial charge in [-0.2, -0.15) is 13.2 Å². The molecule has 3 rings (SSSR count). The van der Waals surface area contributed by atoms with Crippen molar-refractivity contribution in [2.45, 2.75) is 50.6 Å². The van der Waals surface area contributed by atoms with Crippen molar-refractivity contribution in [3.63, 3.8) is 0 Å². The van der Waals surface area contributed by atoms with Gasteiger partial charge in [-0.05, 0) is 31.7 Å². The lowest BCUT2D eigenvalue weighted by Gasteiger charge is -2.36. The smallest absolute Gasteiger partial charge is 0.392 e. The predicted octanol–water partition coefficient (Wildman–Crippen LogP) is 2.74. The number of hydrogen-bond donors (Lipinski definition) is 1. The number of alkyl halides is 3. The SMILES string of the molecule is OCc1cc(C(F)(F)F)cnc1N(C1CCOCC1)C1CC1. The molecule has 0 bridgehead atoms. The summed E-state index contributed by atoms with van der Waals surface area (Å²) >= 11 is 0. The summed E-state index contributed by atoms with van der Waals surface area (Å²) in [6, 6.07) is 1.55. The van der Waals surface area contributed by atoms with Crippen molar-refractivity contribution in [2.24, 2.45) is 0 Å². The summed E-state index contributed by atoms with van der Waals surface area (Å²) in [6.07, 6.45) is 0.131. The maximum absolute atomic E-state index is 12.8. The third-order valence-corrected chi connectivity index (χ3v) is 4.21. The van der Waals surface area contributed by atoms with E-state index in [0.717, 1.165) is 37.9 Å². The number of ether oxygens (including phenoxy) is 1. The number of nitrogens with zero attached hydrogens (tertiary/aromatic N) is 2. The standard InChI is InChI=1S/C15H19F3N2O2/c16-15(17,18)11-7-10(9-21)14(19-8-11)20(12-1-2-12)13-3-5-22-6-4-13/h7-8,12-13,21H,1-6,9H2. The van der Waals surface area contributed by atoms with Crippen molar-refractivity contribution < 1.29 is 23.0 Å². The highest BCUT2D eigenvalue weighted by atomic mass is 19.4. The van der Waals surface area contributed by atoms with E-state index in [1.165, 1.54) is 0 Å². The van der Waals surface area contributed by atoms with Gasteiger partial charge in [0.1, 0.15) is 5.82 Å². The molecule has 7 heteroatoms. The van der Waals surface area contributed by atoms with E-state index in [1.807, 2.05) is 0 Å². The molecule has 1 N–H and O–H groups in total. The average molecular weight is 316 g/mol. The maximum Gasteiger partial charge on any atom is 0.417 e. The number of pyridine rings is 1. The van der Waals surface area contributed by atoms with Crippen LogP contribution in [0.4, 0.5) is 19.0 Å². The van der Waals surface area contributed by atoms with Crippen LogP contribution >= 0.6 is 0 Å². The van der Waals surface area contributed by atoms with Gasteiger partial charge in [0.05, 0.1) is 12.2 Å². The largest absolute Gasteiger partial charge is 0.417 e. The third kappa shape index (κ3) is 3.20. The normalized spacial score (nSPS) is 20.2. The number of aromatic nitrogens is 1. The van der Waals surface area contributed by atoms with Crippen LogP contribution in [-0.2, 0) is 17.5 Å². The van der Waals surface area contributed by atoms with Gasteiger partial charge in [0.15, 0.2) is 0 Å². The van der Waals surface area contributed by atoms with E-state index in [0.29, 0.717) is 25.1 Å². The molecule has 0 atom stereocenters. The number of rotatable bonds is 4. The van der Waals surface area contributed by atoms with Crippen LogP contribution in [0.15, 0.2) is 12.3 Å². The molecule has 1 aromatic rings. The minimum absolute atomic E-state index is 0.218. The van der Waals surface area contributed by atoms with Crippen molar-refractivity contribution in [1.29, 1.82) is 0 Å². The highest BCUT2D eigenvalue weighted by molar-refractivity contribution is 5.51. The van der Waals surface area contributed by atoms with Gasteiger partial charge < -0.3 is 14.7 Å². The van der Waals surface area contributed by atoms with Gasteiger partial charge in [0, 0.05) is 37.1 Å². The molecule has 4 nitrogen and oxygen atoms in total. The van der Waals surface area contributed by atoms with Crippen LogP contribution in [0.2, 0.25) is 0 Å². The molecule has 2 heterocycles. The molecule has 0 unspecified atom stereocenters. The Hall–Kier alpha value is -1.34. The number of aliphatic hydroxyl groups excluding tert-OH is 1. The molecule has 1 aliphatic carbocycles. The second-order valence-electron chi connectivity index (χ2n) is 5.84. The molecule has 0 aromatic carbocycles. The molecule has 1 aromatic heterocycles. The fraction of sp³-hybridized carbons (Fsp3) is 0.667. The van der Waals surface area contributed by atoms with E-state index in [9.17, 15) is 18.3 Å². The maximum atomic E-state index is 12.8. The minimum atomic E-state index is -4.45. The first-order chi connectivity index (χ1) is 10.5. The molecule has 122 valence electrons. The average Bonchev–Trinajstić information content (AvgIpc) is 3.32. The topological polar surface area (TPSA) is 45.6 Å². The van der Waals surface area contributed by atoms with Gasteiger partial charge in [-0.1, -0.05) is 0 Å². The third-order valence-electron chi connectivity index (χ3n) is 4.21. The second kappa shape index (κ2) is 6.04. The van der Waals surface area contributed by atoms with Gasteiger partial charge in [0.2, 0.25) is 0 Å². The lowest BCUT2D eigenvalue weighted by Crippen LogP contribution is -2.42. The monoisotopic (exact) mass is 316 g/mol. The molecular formula is C15H19F3N2O2. The summed E-state index contributed by atoms with van der Waals surface area (Å²) in [7, 11) is 0. The van der Waals surface area contributed by atoms with Gasteiger partial charge in [0.25, 0.3) is 0 Å². The first-order valence-corrected chi connectivity index (χ1v) is 7.53. The Morgan fingerprint density at radius 2 is 1.82 bits per heavy atom. The highest BCUT2D eigenvalue weighted by Gasteiger charge is 2.38. The van der Waals surface area contributed by atoms with Crippen molar-refractivity contribution in [1.82, 2.24) is 4.98 Å². The quantitative estimate of drug-likeness (QED) is 0.928. The zero-order chi connectivity index (χ0) is 15.7. The predicted molar refractivity (Wildman–Crippen MR) is 74.5 cm³/mol. The van der Waals surface area contributed by atoms with Crippen molar-refractivity contribution >= 4 is 5.82 Å². The number of anilines is 1. The molecule has 0 radical (unpaired) electrons. The van der Waals surface area contributed by atoms with Crippen LogP contribution < -0.4 is 4.90 Å². The molecule has 0 spiro atoms. The van der Waals surface area contributed by atoms with Crippen LogP contribution in [0.3, 0.4) is 0 Å². The molecule has 2 aliphatic rings. The van der Waals surface area contributed by atoms with E-state index in [-0.39, 0.29) is 11.6 Å². The molecule has 1 saturated heterocycles. The summed E-state index contributed by atoms with van der Waals surface area (Å²) in [5.74, 6) is 0.491. The zero-order valence-electron chi connectivity index (χ0n) is 12.1. The van der Waals surface area contributed by atoms with Crippen molar-refractivity contribution in [2.75, 3.05) is 18.1 Å². The Labute approximate surface area is 126 Å². The molecule has 1 saturated carbocycles. The molecule has 0 amide bonds. The van der Waals surface area contributed by atoms with Crippen molar-refractivity contribution in [3.8, 4) is 0 Å². The lowest BCUT2D eigenvalue weighted by atomic mass is 10.1. The number of halogens is 3. The zero-order valence-corrected chi connectivity index (χ0v) is 12.1. The molecular weight excluding hydrogens is 297 g/mol. The Morgan fingerprint density at radius 1 is 1.18 bits per heavy atom. The molecule has 22 heavy (non-hydrogen) atoms. The van der Waals surface area contributed by atoms with E-state index >= 15 is 0 Å². The van der Waals surface area contributed by atoms with E-state index in [1.54, 1.807) is 0 Å². The van der Waals surface area contributed by atoms with Crippen LogP contribution in [0.25, 0.3) is 0 Å². The van der Waals surface area contributed by atoms with E-state index < -0.39 is 18.3 Å². The lowest BCUT2D eigenvalue weighted by molar-refractivity contribution is -0.137. The summed E-state index contributed by atoms with van der Waals surface area (Å²) in [5.41, 5.74) is -0.573. The first kappa shape index (κ1) is 15.6. The van der Waals surface area contributed by atoms with Crippen LogP contribution in [-0.4, -0.2) is 35.4 Å². The molecule has 2 fully saturated rings. The van der Waals surface area contributed by atoms with E-state index in [4.69, 9.17) is 4.74 Å². The fourth-order valence-corrected chi connectivity index (χ4v) is 2.97. The fourth-order valence-electron chi connectivity index (χ4n) is 2.97. The number of hydrogen-bond acceptors (Lipinski definition) is 4. The summed E-state index contributed by atoms with van der Waals surface area (Å²) < 4.78 is 43.8. The Kier molecular flexibility index (Phi) is 4.27. The highest BCUT2D eigenvalue weighted by Crippen LogP contribution is 2.38. The first-order valence-electron chi connectivity index (χ1n) is 7.53. The summed E-state index contributed by atoms with van der Waals surface area (Å²) in [6.45, 7) is 0.866. The van der Waals surface area contributed by atoms with Crippen LogP contribution in [0.1, 0.15) is 36.8 Å². The second-order valence-corrected chi connectivity index (χ2v) is 5.84. The van der Waals surface area contributed by atoms with Crippen LogP contribution in [0.5, 0.6) is 0 Å². The van der Waals surface area contributed by atoms with Crippen molar-refractivity contribution in [3.05, 3.63) is 23.4 Å². The number of aliphatic hydroxyl groups is 1. The Bertz CT molecular complexity index is 526. The Balaban J connectivity index is 1.93. The summed E-state index contributed by atoms with van der Waals surface area (Å²) in [5, 5.41) is 9.50. The van der Waals surface area contributed by atoms with Crippen LogP contribution in [0, 0.1) is 0 Å². The van der Waals surface area contributed by atoms with E-state index in [2.05, 4.69) is 9.88 Å². The Morgan fingerprint density at radius 3 is 2.36 bits per heavy atom. The van der Waals surface area contributed by atoms with Gasteiger partial charge in [-0.3, -0.25) is 0 Å². The van der Waals surface area contributed by atoms with Gasteiger partial charge >= 0.3 is 6.18 Å².